The summed E-state index contributed by atoms with van der Waals surface area (Å²) < 4.78 is 20.3. The zero-order valence-electron chi connectivity index (χ0n) is 65.4. The number of esters is 4. The Balaban J connectivity index is -0.000000264. The van der Waals surface area contributed by atoms with Crippen LogP contribution in [-0.2, 0) is 87.2 Å². The fraction of sp³-hybridized carbons (Fsp3) is 0.461. The number of carboxylic acids is 4. The highest BCUT2D eigenvalue weighted by Crippen LogP contribution is 2.26. The van der Waals surface area contributed by atoms with E-state index in [0.717, 1.165) is 61.1 Å². The molecule has 2 aromatic rings. The van der Waals surface area contributed by atoms with Crippen LogP contribution in [0.5, 0.6) is 0 Å². The Morgan fingerprint density at radius 1 is 0.654 bits per heavy atom. The van der Waals surface area contributed by atoms with E-state index in [-0.39, 0.29) is 60.2 Å². The Hall–Kier alpha value is -9.89. The molecule has 1 aromatic heterocycles. The maximum Gasteiger partial charge on any atom is 0.338 e. The van der Waals surface area contributed by atoms with Gasteiger partial charge in [-0.15, -0.1) is 29.9 Å². The molecule has 0 bridgehead atoms. The summed E-state index contributed by atoms with van der Waals surface area (Å²) in [4.78, 5) is 136. The number of amides is 5. The summed E-state index contributed by atoms with van der Waals surface area (Å²) in [5.74, 6) is -7.24. The van der Waals surface area contributed by atoms with Crippen LogP contribution in [0.4, 0.5) is 0 Å². The summed E-state index contributed by atoms with van der Waals surface area (Å²) in [7, 11) is -1.64. The number of allylic oxidation sites excluding steroid dienone is 2. The molecular formula is C76H117ClN6O22Si2. The van der Waals surface area contributed by atoms with Gasteiger partial charge in [-0.2, -0.15) is 0 Å². The third-order valence-corrected chi connectivity index (χ3v) is 17.2. The number of methoxy groups -OCH3 is 1. The molecule has 31 heteroatoms. The fourth-order valence-electron chi connectivity index (χ4n) is 7.78. The number of aryl methyl sites for hydroxylation is 1. The van der Waals surface area contributed by atoms with Crippen LogP contribution >= 0.6 is 11.6 Å². The molecule has 0 radical (unpaired) electrons. The van der Waals surface area contributed by atoms with Crippen molar-refractivity contribution in [2.75, 3.05) is 39.3 Å². The summed E-state index contributed by atoms with van der Waals surface area (Å²) in [6.07, 6.45) is 31.3. The summed E-state index contributed by atoms with van der Waals surface area (Å²) in [6.45, 7) is 46.1. The van der Waals surface area contributed by atoms with Gasteiger partial charge in [0, 0.05) is 104 Å². The first-order valence-electron chi connectivity index (χ1n) is 34.0. The van der Waals surface area contributed by atoms with E-state index in [1.807, 2.05) is 86.8 Å². The van der Waals surface area contributed by atoms with Gasteiger partial charge < -0.3 is 49.2 Å². The van der Waals surface area contributed by atoms with Gasteiger partial charge in [-0.05, 0) is 116 Å². The maximum atomic E-state index is 11.1. The van der Waals surface area contributed by atoms with Gasteiger partial charge in [0.15, 0.2) is 16.6 Å². The van der Waals surface area contributed by atoms with Crippen LogP contribution < -0.4 is 5.32 Å². The largest absolute Gasteiger partial charge is 0.478 e. The standard InChI is InChI=1S/C11H21NO.C10H19N3.C10H15NO2.C9H9Cl.C7H18OSi2.C6H7NO3.C6H8O4.C5H6O4.C4H4O4.C4H2O3.C4H8/c1-7-9(13)12-11(5,6)8-10(2,3)4;1-2-3-4-5-6-7-9-13-10-8-11-12-13;1-8(2)4-3-7-11-9(12)5-6-10(11)13;10-8-4-7-9-5-2-1-3-6-9;1-7-10(5,6)8-9(2,3)4;8-4-3-7-5(9)1-2-6(7)10;1-2-10-6(9)4-3-5(7)8;1-9-5(8)3-2-4(6)7;5-3(6)1-2-4(7)8;5-3-1-2-4(6)7-3;1-4(2)3/h7H,1,8H2,2-6H3,(H,12,13);8,10H,2-7,9H2,1H3;5-6,8H,3-4,7H2,1-2H3;1-7H,8H2;7H,1H2,2-6H3;1-2,8H,3-4H2;3-4H,2H2,1H3,(H,7,8);2-3H,1H3,(H,6,7);1-2H,(H,5,6)(H,7,8);1-2H;1H2,2-3H3/b;;;7-4+;;;4-3-;3-2-;2-1-;;. The zero-order chi connectivity index (χ0) is 83.8. The molecule has 0 fully saturated rings. The molecule has 598 valence electrons. The van der Waals surface area contributed by atoms with Crippen molar-refractivity contribution in [2.45, 2.75) is 179 Å². The SMILES string of the molecule is C=C(C)C.C=CC(=O)NC(C)(C)CC(C)(C)C.C=C[Si](C)(C)O[Si](C)(C)C.CC(C)CCCN1C(=O)C=CC1=O.CCCCCCCCn1ccnn1.CCOC(=O)/C=C\C(=O)O.COC(=O)/C=C\C(=O)O.ClC/C=C/c1ccccc1.O=C(O)/C=C\C(=O)O.O=C1C=CC(=O)N1CCO.O=C1C=CC(=O)O1. The smallest absolute Gasteiger partial charge is 0.338 e. The van der Waals surface area contributed by atoms with Crippen LogP contribution in [0.15, 0.2) is 159 Å². The third-order valence-electron chi connectivity index (χ3n) is 11.5. The number of aliphatic carboxylic acids is 4. The number of aliphatic hydroxyl groups is 1. The predicted molar refractivity (Wildman–Crippen MR) is 418 cm³/mol. The molecule has 107 heavy (non-hydrogen) atoms. The highest BCUT2D eigenvalue weighted by Gasteiger charge is 2.28. The number of aliphatic hydroxyl groups excluding tert-OH is 1. The van der Waals surface area contributed by atoms with Crippen LogP contribution in [0, 0.1) is 11.3 Å². The number of carboxylic acid groups (broad SMARTS) is 4. The molecule has 3 aliphatic heterocycles. The molecule has 5 rings (SSSR count). The lowest BCUT2D eigenvalue weighted by atomic mass is 9.82. The Kier molecular flexibility index (Phi) is 65.1. The molecule has 3 aliphatic rings. The van der Waals surface area contributed by atoms with Gasteiger partial charge in [-0.25, -0.2) is 38.4 Å². The molecule has 28 nitrogen and oxygen atoms in total. The molecule has 0 saturated carbocycles. The second kappa shape index (κ2) is 64.5. The summed E-state index contributed by atoms with van der Waals surface area (Å²) in [6, 6.07) is 10.1. The minimum Gasteiger partial charge on any atom is -0.478 e. The summed E-state index contributed by atoms with van der Waals surface area (Å²) in [5, 5.41) is 50.6. The first-order valence-corrected chi connectivity index (χ1v) is 40.9. The van der Waals surface area contributed by atoms with Crippen LogP contribution in [0.3, 0.4) is 0 Å². The molecule has 4 heterocycles. The number of cyclic esters (lactones) is 2. The number of β-amino-alcohol motifs (C(OH)–C–C–N with tert-alkyl or cyclic N) is 1. The molecule has 1 aromatic carbocycles. The van der Waals surface area contributed by atoms with E-state index in [0.29, 0.717) is 36.6 Å². The number of unbranched alkanes of at least 4 members (excludes halogenated alkanes) is 5. The van der Waals surface area contributed by atoms with Crippen molar-refractivity contribution in [2.24, 2.45) is 11.3 Å². The Bertz CT molecular complexity index is 3180. The molecule has 0 aliphatic carbocycles. The molecule has 0 unspecified atom stereocenters. The quantitative estimate of drug-likeness (QED) is 0.00530. The lowest BCUT2D eigenvalue weighted by molar-refractivity contribution is -0.150. The van der Waals surface area contributed by atoms with Crippen molar-refractivity contribution in [3.63, 3.8) is 0 Å². The van der Waals surface area contributed by atoms with E-state index in [2.05, 4.69) is 124 Å². The lowest BCUT2D eigenvalue weighted by Crippen LogP contribution is -2.45. The van der Waals surface area contributed by atoms with Crippen molar-refractivity contribution < 1.29 is 106 Å². The molecule has 5 amide bonds. The highest BCUT2D eigenvalue weighted by atomic mass is 35.5. The van der Waals surface area contributed by atoms with Crippen LogP contribution in [0.1, 0.15) is 140 Å². The summed E-state index contributed by atoms with van der Waals surface area (Å²) >= 11 is 5.46. The van der Waals surface area contributed by atoms with Gasteiger partial charge in [0.05, 0.1) is 33.1 Å². The van der Waals surface area contributed by atoms with Crippen molar-refractivity contribution in [3.05, 3.63) is 164 Å². The monoisotopic (exact) mass is 1560 g/mol. The fourth-order valence-corrected chi connectivity index (χ4v) is 14.5. The van der Waals surface area contributed by atoms with Gasteiger partial charge >= 0.3 is 47.8 Å². The Morgan fingerprint density at radius 3 is 1.43 bits per heavy atom. The van der Waals surface area contributed by atoms with Crippen molar-refractivity contribution in [3.8, 4) is 0 Å². The van der Waals surface area contributed by atoms with Crippen molar-refractivity contribution in [1.82, 2.24) is 30.1 Å². The van der Waals surface area contributed by atoms with Gasteiger partial charge in [0.2, 0.25) is 5.91 Å². The zero-order valence-corrected chi connectivity index (χ0v) is 68.1. The number of carbonyl (C=O) groups is 13. The molecule has 0 atom stereocenters. The van der Waals surface area contributed by atoms with Gasteiger partial charge in [-0.1, -0.05) is 139 Å². The number of halogens is 1. The third kappa shape index (κ3) is 80.1. The topological polar surface area (TPSA) is 409 Å². The van der Waals surface area contributed by atoms with E-state index in [1.54, 1.807) is 13.1 Å². The number of alkyl halides is 1. The average molecular weight is 1560 g/mol. The normalized spacial score (nSPS) is 12.4. The van der Waals surface area contributed by atoms with Crippen LogP contribution in [-0.4, -0.2) is 189 Å². The van der Waals surface area contributed by atoms with Gasteiger partial charge in [0.25, 0.3) is 23.6 Å². The molecule has 0 saturated heterocycles. The lowest BCUT2D eigenvalue weighted by Gasteiger charge is -2.32. The van der Waals surface area contributed by atoms with Gasteiger partial charge in [0.1, 0.15) is 0 Å². The summed E-state index contributed by atoms with van der Waals surface area (Å²) in [5.41, 5.74) is 4.41. The number of hydrogen-bond acceptors (Lipinski definition) is 20. The second-order valence-corrected chi connectivity index (χ2v) is 35.2. The van der Waals surface area contributed by atoms with E-state index in [1.165, 1.54) is 92.1 Å². The van der Waals surface area contributed by atoms with Crippen LogP contribution in [0.25, 0.3) is 6.08 Å². The average Bonchev–Trinajstić information content (AvgIpc) is 1.87. The number of ether oxygens (including phenoxy) is 3. The number of hydrogen-bond donors (Lipinski definition) is 6. The van der Waals surface area contributed by atoms with Gasteiger partial charge in [-0.3, -0.25) is 38.5 Å². The van der Waals surface area contributed by atoms with E-state index < -0.39 is 64.4 Å². The predicted octanol–water partition coefficient (Wildman–Crippen LogP) is 12.0. The van der Waals surface area contributed by atoms with E-state index >= 15 is 0 Å². The number of benzene rings is 1. The minimum atomic E-state index is -1.49. The maximum absolute atomic E-state index is 11.1. The van der Waals surface area contributed by atoms with Crippen LogP contribution in [0.2, 0.25) is 32.7 Å². The molecule has 0 spiro atoms. The number of imide groups is 2. The van der Waals surface area contributed by atoms with Crippen molar-refractivity contribution >= 4 is 112 Å². The van der Waals surface area contributed by atoms with Crippen molar-refractivity contribution in [1.29, 1.82) is 0 Å². The number of rotatable bonds is 28. The first-order chi connectivity index (χ1) is 49.6. The highest BCUT2D eigenvalue weighted by molar-refractivity contribution is 6.86. The van der Waals surface area contributed by atoms with E-state index in [4.69, 9.17) is 41.2 Å². The number of carbonyl (C=O) groups excluding carboxylic acids is 9. The Morgan fingerprint density at radius 2 is 1.09 bits per heavy atom. The Labute approximate surface area is 638 Å². The number of nitrogens with zero attached hydrogens (tertiary/aromatic N) is 5. The number of aromatic nitrogens is 3. The molecular weight excluding hydrogens is 1440 g/mol. The first kappa shape index (κ1) is 108. The van der Waals surface area contributed by atoms with E-state index in [9.17, 15) is 62.3 Å². The number of nitrogens with one attached hydrogen (secondary N) is 1. The minimum absolute atomic E-state index is 0.0880. The molecule has 6 N–H and O–H groups in total. The second-order valence-electron chi connectivity index (χ2n) is 26.2.